The molecule has 0 atom stereocenters. The number of anilines is 3. The van der Waals surface area contributed by atoms with Gasteiger partial charge in [0.1, 0.15) is 17.5 Å². The summed E-state index contributed by atoms with van der Waals surface area (Å²) in [6, 6.07) is 5.40. The van der Waals surface area contributed by atoms with E-state index in [1.165, 1.54) is 7.11 Å². The summed E-state index contributed by atoms with van der Waals surface area (Å²) in [4.78, 5) is 13.1. The fourth-order valence-corrected chi connectivity index (χ4v) is 2.38. The summed E-state index contributed by atoms with van der Waals surface area (Å²) in [6.45, 7) is 1.08. The van der Waals surface area contributed by atoms with Gasteiger partial charge in [-0.2, -0.15) is 10.2 Å². The van der Waals surface area contributed by atoms with E-state index in [2.05, 4.69) is 4.98 Å². The molecule has 0 spiro atoms. The summed E-state index contributed by atoms with van der Waals surface area (Å²) in [6.07, 6.45) is 0.444. The molecule has 0 aliphatic carbocycles. The highest BCUT2D eigenvalue weighted by molar-refractivity contribution is 5.73. The molecule has 1 aromatic heterocycles. The van der Waals surface area contributed by atoms with E-state index in [0.29, 0.717) is 35.1 Å². The molecule has 3 rings (SSSR count). The highest BCUT2D eigenvalue weighted by Gasteiger charge is 2.26. The Hall–Kier alpha value is -3.67. The van der Waals surface area contributed by atoms with Crippen molar-refractivity contribution >= 4 is 23.2 Å². The first-order valence-electron chi connectivity index (χ1n) is 7.10. The van der Waals surface area contributed by atoms with Crippen LogP contribution >= 0.6 is 0 Å². The van der Waals surface area contributed by atoms with Crippen molar-refractivity contribution in [1.29, 1.82) is 5.26 Å². The summed E-state index contributed by atoms with van der Waals surface area (Å²) in [5, 5.41) is 16.5. The number of nitrogens with two attached hydrogens (primary N) is 3. The van der Waals surface area contributed by atoms with Crippen LogP contribution in [0.4, 0.5) is 17.2 Å². The van der Waals surface area contributed by atoms with Gasteiger partial charge in [0.15, 0.2) is 11.5 Å². The summed E-state index contributed by atoms with van der Waals surface area (Å²) in [5.41, 5.74) is 20.0. The molecule has 9 nitrogen and oxygen atoms in total. The molecule has 0 fully saturated rings. The van der Waals surface area contributed by atoms with Crippen molar-refractivity contribution < 1.29 is 19.4 Å². The van der Waals surface area contributed by atoms with Gasteiger partial charge in [0.25, 0.3) is 5.97 Å². The third-order valence-electron chi connectivity index (χ3n) is 3.38. The lowest BCUT2D eigenvalue weighted by atomic mass is 9.98. The lowest BCUT2D eigenvalue weighted by Gasteiger charge is -2.23. The Morgan fingerprint density at radius 2 is 2.00 bits per heavy atom. The molecule has 0 radical (unpaired) electrons. The Balaban J connectivity index is 0.000000616. The highest BCUT2D eigenvalue weighted by atomic mass is 16.5. The molecule has 26 heavy (non-hydrogen) atoms. The number of aromatic nitrogens is 1. The number of carboxylic acid groups (broad SMARTS) is 1. The largest absolute Gasteiger partial charge is 0.493 e. The Labute approximate surface area is 150 Å². The minimum atomic E-state index is -0.833. The summed E-state index contributed by atoms with van der Waals surface area (Å²) in [7, 11) is 1.53. The lowest BCUT2D eigenvalue weighted by molar-refractivity contribution is -0.134. The van der Waals surface area contributed by atoms with Gasteiger partial charge in [0.05, 0.1) is 12.8 Å². The van der Waals surface area contributed by atoms with Crippen LogP contribution in [0.15, 0.2) is 12.1 Å². The van der Waals surface area contributed by atoms with E-state index in [0.717, 1.165) is 12.5 Å². The molecule has 0 saturated heterocycles. The number of nitriles is 1. The fraction of sp³-hybridized carbons (Fsp3) is 0.235. The first-order chi connectivity index (χ1) is 11.8. The third-order valence-corrected chi connectivity index (χ3v) is 3.38. The highest BCUT2D eigenvalue weighted by Crippen LogP contribution is 2.45. The number of hydrogen-bond donors (Lipinski definition) is 4. The van der Waals surface area contributed by atoms with E-state index < -0.39 is 5.97 Å². The molecular weight excluding hydrogens is 338 g/mol. The molecule has 2 heterocycles. The smallest absolute Gasteiger partial charge is 0.300 e. The van der Waals surface area contributed by atoms with Crippen molar-refractivity contribution in [2.24, 2.45) is 0 Å². The number of hydrogen-bond acceptors (Lipinski definition) is 8. The second kappa shape index (κ2) is 7.94. The van der Waals surface area contributed by atoms with Crippen molar-refractivity contribution in [1.82, 2.24) is 4.98 Å². The van der Waals surface area contributed by atoms with Crippen LogP contribution in [0, 0.1) is 11.3 Å². The molecular formula is C17H21N5O4. The maximum Gasteiger partial charge on any atom is 0.300 e. The van der Waals surface area contributed by atoms with Crippen LogP contribution < -0.4 is 26.7 Å². The number of carbonyl (C=O) groups is 1. The number of pyridine rings is 1. The fourth-order valence-electron chi connectivity index (χ4n) is 2.38. The number of aliphatic carboxylic acids is 1. The van der Waals surface area contributed by atoms with Crippen LogP contribution in [0.1, 0.15) is 31.0 Å². The van der Waals surface area contributed by atoms with Crippen molar-refractivity contribution in [3.05, 3.63) is 28.8 Å². The Kier molecular flexibility index (Phi) is 6.22. The van der Waals surface area contributed by atoms with E-state index in [1.54, 1.807) is 12.1 Å². The van der Waals surface area contributed by atoms with Crippen molar-refractivity contribution in [3.8, 4) is 23.4 Å². The summed E-state index contributed by atoms with van der Waals surface area (Å²) >= 11 is 0. The van der Waals surface area contributed by atoms with Crippen LogP contribution in [0.25, 0.3) is 0 Å². The Bertz CT molecular complexity index is 886. The van der Waals surface area contributed by atoms with Crippen LogP contribution in [0.5, 0.6) is 17.4 Å². The SMILES string of the molecule is C.CC(=O)O.COc1cc(N)cc2c1Oc1nc(N)c(C#N)c(N)c1C2. The number of ether oxygens (including phenoxy) is 2. The Morgan fingerprint density at radius 3 is 2.54 bits per heavy atom. The van der Waals surface area contributed by atoms with Gasteiger partial charge in [-0.25, -0.2) is 0 Å². The van der Waals surface area contributed by atoms with E-state index in [4.69, 9.17) is 41.8 Å². The van der Waals surface area contributed by atoms with Crippen molar-refractivity contribution in [2.75, 3.05) is 24.3 Å². The van der Waals surface area contributed by atoms with E-state index >= 15 is 0 Å². The zero-order valence-corrected chi connectivity index (χ0v) is 13.7. The first-order valence-corrected chi connectivity index (χ1v) is 7.10. The monoisotopic (exact) mass is 359 g/mol. The number of rotatable bonds is 1. The molecule has 0 amide bonds. The maximum absolute atomic E-state index is 9.09. The molecule has 2 aromatic rings. The van der Waals surface area contributed by atoms with Gasteiger partial charge in [-0.15, -0.1) is 0 Å². The van der Waals surface area contributed by atoms with E-state index in [1.807, 2.05) is 6.07 Å². The number of carboxylic acids is 1. The molecule has 0 saturated carbocycles. The molecule has 1 aliphatic heterocycles. The van der Waals surface area contributed by atoms with Crippen molar-refractivity contribution in [2.45, 2.75) is 20.8 Å². The standard InChI is InChI=1S/C14H13N5O2.C2H4O2.CH4/c1-20-10-4-7(16)2-6-3-8-11(17)9(5-15)13(18)19-14(8)21-12(6)10;1-2(3)4;/h2,4H,3,16H2,1H3,(H4,17,18,19);1H3,(H,3,4);1H4. The van der Waals surface area contributed by atoms with Gasteiger partial charge in [0.2, 0.25) is 5.88 Å². The molecule has 1 aliphatic rings. The number of benzene rings is 1. The topological polar surface area (TPSA) is 170 Å². The van der Waals surface area contributed by atoms with Crippen molar-refractivity contribution in [3.63, 3.8) is 0 Å². The number of nitrogen functional groups attached to an aromatic ring is 3. The normalized spacial score (nSPS) is 10.5. The van der Waals surface area contributed by atoms with Gasteiger partial charge in [-0.3, -0.25) is 4.79 Å². The lowest BCUT2D eigenvalue weighted by Crippen LogP contribution is -2.12. The zero-order valence-electron chi connectivity index (χ0n) is 13.7. The van der Waals surface area contributed by atoms with E-state index in [-0.39, 0.29) is 24.5 Å². The molecule has 138 valence electrons. The Morgan fingerprint density at radius 1 is 1.38 bits per heavy atom. The van der Waals surface area contributed by atoms with Gasteiger partial charge in [0, 0.05) is 36.2 Å². The van der Waals surface area contributed by atoms with Crippen LogP contribution in [-0.2, 0) is 11.2 Å². The van der Waals surface area contributed by atoms with Gasteiger partial charge < -0.3 is 31.8 Å². The van der Waals surface area contributed by atoms with Crippen LogP contribution in [0.2, 0.25) is 0 Å². The molecule has 1 aromatic carbocycles. The maximum atomic E-state index is 9.09. The zero-order chi connectivity index (χ0) is 18.7. The minimum absolute atomic E-state index is 0. The molecule has 0 bridgehead atoms. The average Bonchev–Trinajstić information content (AvgIpc) is 2.53. The van der Waals surface area contributed by atoms with Crippen LogP contribution in [-0.4, -0.2) is 23.2 Å². The van der Waals surface area contributed by atoms with Gasteiger partial charge >= 0.3 is 0 Å². The number of fused-ring (bicyclic) bond motifs is 2. The molecule has 0 unspecified atom stereocenters. The second-order valence-electron chi connectivity index (χ2n) is 5.19. The molecule has 7 N–H and O–H groups in total. The number of nitrogens with zero attached hydrogens (tertiary/aromatic N) is 2. The summed E-state index contributed by atoms with van der Waals surface area (Å²) in [5.74, 6) is 0.556. The second-order valence-corrected chi connectivity index (χ2v) is 5.19. The van der Waals surface area contributed by atoms with Gasteiger partial charge in [-0.05, 0) is 6.07 Å². The minimum Gasteiger partial charge on any atom is -0.493 e. The van der Waals surface area contributed by atoms with Gasteiger partial charge in [-0.1, -0.05) is 7.43 Å². The quantitative estimate of drug-likeness (QED) is 0.475. The predicted molar refractivity (Wildman–Crippen MR) is 98.1 cm³/mol. The van der Waals surface area contributed by atoms with E-state index in [9.17, 15) is 0 Å². The number of methoxy groups -OCH3 is 1. The summed E-state index contributed by atoms with van der Waals surface area (Å²) < 4.78 is 11.0. The third kappa shape index (κ3) is 3.87. The first kappa shape index (κ1) is 20.4. The van der Waals surface area contributed by atoms with Crippen LogP contribution in [0.3, 0.4) is 0 Å². The predicted octanol–water partition coefficient (Wildman–Crippen LogP) is 2.13. The average molecular weight is 359 g/mol. The molecule has 9 heteroatoms.